The van der Waals surface area contributed by atoms with Crippen LogP contribution in [-0.4, -0.2) is 61.6 Å². The van der Waals surface area contributed by atoms with Crippen LogP contribution in [0.5, 0.6) is 0 Å². The molecule has 2 aromatic carbocycles. The number of fused-ring (bicyclic) bond motifs is 1. The molecule has 0 amide bonds. The number of sulfonamides is 1. The first-order valence-electron chi connectivity index (χ1n) is 7.69. The summed E-state index contributed by atoms with van der Waals surface area (Å²) in [7, 11) is -3.61. The average Bonchev–Trinajstić information content (AvgIpc) is 2.93. The van der Waals surface area contributed by atoms with Crippen molar-refractivity contribution in [1.29, 1.82) is 0 Å². The van der Waals surface area contributed by atoms with Gasteiger partial charge in [0.2, 0.25) is 10.0 Å². The number of carboxylic acids is 1. The van der Waals surface area contributed by atoms with Crippen molar-refractivity contribution in [3.05, 3.63) is 58.6 Å². The topological polar surface area (TPSA) is 95.5 Å². The molecule has 0 radical (unpaired) electrons. The average molecular weight is 405 g/mol. The Labute approximate surface area is 179 Å². The second-order valence-electron chi connectivity index (χ2n) is 5.91. The van der Waals surface area contributed by atoms with Gasteiger partial charge in [0.15, 0.2) is 0 Å². The molecule has 1 unspecified atom stereocenters. The first-order valence-corrected chi connectivity index (χ1v) is 9.55. The summed E-state index contributed by atoms with van der Waals surface area (Å²) < 4.78 is 27.6. The number of hydrogen-bond acceptors (Lipinski definition) is 4. The summed E-state index contributed by atoms with van der Waals surface area (Å²) in [6, 6.07) is 11.4. The van der Waals surface area contributed by atoms with E-state index < -0.39 is 16.0 Å². The first kappa shape index (κ1) is 21.2. The molecule has 6 nitrogen and oxygen atoms in total. The van der Waals surface area contributed by atoms with Crippen molar-refractivity contribution in [2.24, 2.45) is 0 Å². The van der Waals surface area contributed by atoms with E-state index in [-0.39, 0.29) is 47.0 Å². The van der Waals surface area contributed by atoms with Crippen LogP contribution in [0.1, 0.15) is 11.1 Å². The summed E-state index contributed by atoms with van der Waals surface area (Å²) in [6.07, 6.45) is 1.16. The Morgan fingerprint density at radius 1 is 1.12 bits per heavy atom. The van der Waals surface area contributed by atoms with Crippen LogP contribution < -0.4 is 10.0 Å². The normalized spacial score (nSPS) is 15.8. The quantitative estimate of drug-likeness (QED) is 0.636. The van der Waals surface area contributed by atoms with E-state index in [1.165, 1.54) is 12.1 Å². The summed E-state index contributed by atoms with van der Waals surface area (Å²) in [5, 5.41) is 12.0. The Balaban J connectivity index is 0.00000243. The third kappa shape index (κ3) is 5.22. The van der Waals surface area contributed by atoms with Gasteiger partial charge in [-0.3, -0.25) is 4.79 Å². The Morgan fingerprint density at radius 2 is 1.77 bits per heavy atom. The molecular weight excluding hydrogens is 387 g/mol. The van der Waals surface area contributed by atoms with E-state index >= 15 is 0 Å². The van der Waals surface area contributed by atoms with Crippen LogP contribution in [0.2, 0.25) is 5.02 Å². The van der Waals surface area contributed by atoms with E-state index in [0.717, 1.165) is 11.1 Å². The van der Waals surface area contributed by atoms with E-state index in [1.54, 1.807) is 18.2 Å². The van der Waals surface area contributed by atoms with Gasteiger partial charge in [-0.25, -0.2) is 13.1 Å². The summed E-state index contributed by atoms with van der Waals surface area (Å²) >= 11 is 5.80. The molecule has 0 saturated heterocycles. The third-order valence-electron chi connectivity index (χ3n) is 4.03. The van der Waals surface area contributed by atoms with Crippen LogP contribution in [-0.2, 0) is 27.7 Å². The molecule has 134 valence electrons. The van der Waals surface area contributed by atoms with Crippen molar-refractivity contribution >= 4 is 62.8 Å². The van der Waals surface area contributed by atoms with Crippen LogP contribution in [0.4, 0.5) is 5.69 Å². The van der Waals surface area contributed by atoms with E-state index in [1.807, 2.05) is 12.1 Å². The molecule has 0 saturated carbocycles. The zero-order valence-corrected chi connectivity index (χ0v) is 14.8. The third-order valence-corrected chi connectivity index (χ3v) is 5.82. The van der Waals surface area contributed by atoms with Crippen LogP contribution in [0, 0.1) is 0 Å². The van der Waals surface area contributed by atoms with Crippen molar-refractivity contribution < 1.29 is 18.3 Å². The summed E-state index contributed by atoms with van der Waals surface area (Å²) in [6.45, 7) is -0.161. The van der Waals surface area contributed by atoms with Crippen molar-refractivity contribution in [1.82, 2.24) is 4.72 Å². The maximum atomic E-state index is 12.5. The molecule has 9 heteroatoms. The fourth-order valence-corrected chi connectivity index (χ4v) is 4.25. The predicted molar refractivity (Wildman–Crippen MR) is 103 cm³/mol. The van der Waals surface area contributed by atoms with E-state index in [0.29, 0.717) is 23.6 Å². The van der Waals surface area contributed by atoms with Gasteiger partial charge in [-0.1, -0.05) is 17.7 Å². The monoisotopic (exact) mass is 404 g/mol. The van der Waals surface area contributed by atoms with Crippen molar-refractivity contribution in [3.63, 3.8) is 0 Å². The van der Waals surface area contributed by atoms with Gasteiger partial charge in [0, 0.05) is 16.8 Å². The molecule has 3 rings (SSSR count). The molecule has 1 atom stereocenters. The van der Waals surface area contributed by atoms with Gasteiger partial charge in [-0.05, 0) is 60.4 Å². The van der Waals surface area contributed by atoms with Gasteiger partial charge in [-0.2, -0.15) is 0 Å². The second kappa shape index (κ2) is 8.73. The second-order valence-corrected chi connectivity index (χ2v) is 8.06. The Morgan fingerprint density at radius 3 is 2.42 bits per heavy atom. The number of hydrogen-bond donors (Lipinski definition) is 3. The molecule has 3 N–H and O–H groups in total. The summed E-state index contributed by atoms with van der Waals surface area (Å²) in [4.78, 5) is 10.8. The van der Waals surface area contributed by atoms with Gasteiger partial charge in [0.1, 0.15) is 6.54 Å². The number of carboxylic acid groups (broad SMARTS) is 1. The molecule has 0 bridgehead atoms. The molecule has 26 heavy (non-hydrogen) atoms. The number of carbonyl (C=O) groups is 1. The van der Waals surface area contributed by atoms with Crippen molar-refractivity contribution in [2.45, 2.75) is 23.8 Å². The van der Waals surface area contributed by atoms with E-state index in [9.17, 15) is 13.2 Å². The molecule has 2 aromatic rings. The van der Waals surface area contributed by atoms with Gasteiger partial charge in [-0.15, -0.1) is 0 Å². The molecule has 0 fully saturated rings. The molecular formula is C17H18ClN2NaO4S. The predicted octanol–water partition coefficient (Wildman–Crippen LogP) is 1.63. The van der Waals surface area contributed by atoms with Gasteiger partial charge < -0.3 is 10.4 Å². The standard InChI is InChI=1S/C17H17ClN2O4S.Na.H/c18-13-2-5-16(6-3-13)25(23,24)20-15-7-11-1-4-14(8-12(11)9-15)19-10-17(21)22;;/h1-6,8,15,19-20H,7,9-10H2,(H,21,22);;. The Bertz CT molecular complexity index is 903. The van der Waals surface area contributed by atoms with Crippen LogP contribution in [0.3, 0.4) is 0 Å². The fraction of sp³-hybridized carbons (Fsp3) is 0.235. The van der Waals surface area contributed by atoms with Gasteiger partial charge >= 0.3 is 35.5 Å². The Hall–Kier alpha value is -1.09. The minimum absolute atomic E-state index is 0. The summed E-state index contributed by atoms with van der Waals surface area (Å²) in [5.74, 6) is -0.936. The van der Waals surface area contributed by atoms with E-state index in [2.05, 4.69) is 10.0 Å². The number of aliphatic carboxylic acids is 1. The SMILES string of the molecule is O=C(O)CNc1ccc2c(c1)CC(NS(=O)(=O)c1ccc(Cl)cc1)C2.[NaH]. The number of halogens is 1. The zero-order chi connectivity index (χ0) is 18.0. The first-order chi connectivity index (χ1) is 11.8. The fourth-order valence-electron chi connectivity index (χ4n) is 2.89. The molecule has 0 aliphatic heterocycles. The number of rotatable bonds is 6. The molecule has 1 aliphatic carbocycles. The Kier molecular flexibility index (Phi) is 7.12. The maximum absolute atomic E-state index is 12.5. The molecule has 0 aromatic heterocycles. The van der Waals surface area contributed by atoms with Crippen molar-refractivity contribution in [3.8, 4) is 0 Å². The van der Waals surface area contributed by atoms with Gasteiger partial charge in [0.05, 0.1) is 4.90 Å². The van der Waals surface area contributed by atoms with Gasteiger partial charge in [0.25, 0.3) is 0 Å². The molecule has 0 heterocycles. The number of nitrogens with one attached hydrogen (secondary N) is 2. The van der Waals surface area contributed by atoms with Crippen molar-refractivity contribution in [2.75, 3.05) is 11.9 Å². The van der Waals surface area contributed by atoms with E-state index in [4.69, 9.17) is 16.7 Å². The van der Waals surface area contributed by atoms with Crippen LogP contribution in [0.15, 0.2) is 47.4 Å². The number of benzene rings is 2. The van der Waals surface area contributed by atoms with Crippen LogP contribution >= 0.6 is 11.6 Å². The zero-order valence-electron chi connectivity index (χ0n) is 13.2. The number of anilines is 1. The molecule has 0 spiro atoms. The van der Waals surface area contributed by atoms with Crippen LogP contribution in [0.25, 0.3) is 0 Å². The summed E-state index contributed by atoms with van der Waals surface area (Å²) in [5.41, 5.74) is 2.78. The molecule has 1 aliphatic rings. The minimum atomic E-state index is -3.61.